The van der Waals surface area contributed by atoms with Crippen LogP contribution in [0.2, 0.25) is 0 Å². The van der Waals surface area contributed by atoms with E-state index in [0.29, 0.717) is 5.69 Å². The zero-order chi connectivity index (χ0) is 13.9. The molecule has 106 valence electrons. The van der Waals surface area contributed by atoms with Crippen molar-refractivity contribution < 1.29 is 13.2 Å². The number of hydrogen-bond acceptors (Lipinski definition) is 2. The highest BCUT2D eigenvalue weighted by Crippen LogP contribution is 2.30. The smallest absolute Gasteiger partial charge is 0.381 e. The molecule has 1 aliphatic carbocycles. The molecule has 0 radical (unpaired) electrons. The van der Waals surface area contributed by atoms with Gasteiger partial charge in [-0.2, -0.15) is 13.2 Å². The number of hydrogen-bond donors (Lipinski definition) is 2. The Bertz CT molecular complexity index is 400. The lowest BCUT2D eigenvalue weighted by Gasteiger charge is -2.24. The average molecular weight is 272 g/mol. The van der Waals surface area contributed by atoms with Crippen LogP contribution in [0.4, 0.5) is 18.9 Å². The van der Waals surface area contributed by atoms with Gasteiger partial charge in [0.1, 0.15) is 0 Å². The number of nitrogens with two attached hydrogens (primary N) is 1. The molecule has 0 aliphatic heterocycles. The molecule has 2 unspecified atom stereocenters. The summed E-state index contributed by atoms with van der Waals surface area (Å²) in [7, 11) is 0. The molecule has 0 saturated heterocycles. The molecule has 1 aromatic rings. The zero-order valence-electron chi connectivity index (χ0n) is 10.7. The maximum absolute atomic E-state index is 12.5. The Kier molecular flexibility index (Phi) is 4.34. The van der Waals surface area contributed by atoms with Crippen molar-refractivity contribution in [3.8, 4) is 0 Å². The second kappa shape index (κ2) is 5.82. The summed E-state index contributed by atoms with van der Waals surface area (Å²) in [6.45, 7) is 0. The summed E-state index contributed by atoms with van der Waals surface area (Å²) >= 11 is 0. The first-order valence-electron chi connectivity index (χ1n) is 6.66. The van der Waals surface area contributed by atoms with Crippen LogP contribution in [0.25, 0.3) is 0 Å². The number of halogens is 3. The zero-order valence-corrected chi connectivity index (χ0v) is 10.7. The normalized spacial score (nSPS) is 24.8. The molecular formula is C14H19F3N2. The maximum atomic E-state index is 12.5. The molecule has 0 bridgehead atoms. The van der Waals surface area contributed by atoms with Crippen molar-refractivity contribution in [1.82, 2.24) is 0 Å². The summed E-state index contributed by atoms with van der Waals surface area (Å²) in [5.74, 6) is 0. The molecule has 3 N–H and O–H groups in total. The summed E-state index contributed by atoms with van der Waals surface area (Å²) in [5, 5.41) is 3.26. The van der Waals surface area contributed by atoms with E-state index >= 15 is 0 Å². The average Bonchev–Trinajstić information content (AvgIpc) is 2.55. The lowest BCUT2D eigenvalue weighted by molar-refractivity contribution is -0.137. The van der Waals surface area contributed by atoms with Gasteiger partial charge in [-0.15, -0.1) is 0 Å². The molecule has 0 aromatic heterocycles. The van der Waals surface area contributed by atoms with E-state index < -0.39 is 11.7 Å². The van der Waals surface area contributed by atoms with Gasteiger partial charge >= 0.3 is 6.18 Å². The van der Waals surface area contributed by atoms with Crippen molar-refractivity contribution in [2.75, 3.05) is 5.32 Å². The van der Waals surface area contributed by atoms with E-state index in [9.17, 15) is 13.2 Å². The summed E-state index contributed by atoms with van der Waals surface area (Å²) in [4.78, 5) is 0. The molecule has 1 saturated carbocycles. The SMILES string of the molecule is NC1CCCCCC1Nc1ccc(C(F)(F)F)cc1. The first kappa shape index (κ1) is 14.2. The molecule has 0 spiro atoms. The fourth-order valence-corrected chi connectivity index (χ4v) is 2.49. The summed E-state index contributed by atoms with van der Waals surface area (Å²) < 4.78 is 37.4. The van der Waals surface area contributed by atoms with Gasteiger partial charge in [0.25, 0.3) is 0 Å². The first-order chi connectivity index (χ1) is 8.97. The van der Waals surface area contributed by atoms with Crippen molar-refractivity contribution in [3.63, 3.8) is 0 Å². The van der Waals surface area contributed by atoms with Crippen LogP contribution < -0.4 is 11.1 Å². The van der Waals surface area contributed by atoms with Gasteiger partial charge in [-0.3, -0.25) is 0 Å². The second-order valence-electron chi connectivity index (χ2n) is 5.13. The Morgan fingerprint density at radius 3 is 2.26 bits per heavy atom. The van der Waals surface area contributed by atoms with Gasteiger partial charge < -0.3 is 11.1 Å². The van der Waals surface area contributed by atoms with Crippen LogP contribution >= 0.6 is 0 Å². The van der Waals surface area contributed by atoms with Crippen molar-refractivity contribution in [1.29, 1.82) is 0 Å². The van der Waals surface area contributed by atoms with Crippen LogP contribution in [-0.4, -0.2) is 12.1 Å². The topological polar surface area (TPSA) is 38.0 Å². The summed E-state index contributed by atoms with van der Waals surface area (Å²) in [5.41, 5.74) is 6.17. The van der Waals surface area contributed by atoms with Crippen LogP contribution in [0, 0.1) is 0 Å². The number of anilines is 1. The highest BCUT2D eigenvalue weighted by atomic mass is 19.4. The van der Waals surface area contributed by atoms with E-state index in [4.69, 9.17) is 5.73 Å². The minimum absolute atomic E-state index is 0.0739. The molecule has 2 rings (SSSR count). The lowest BCUT2D eigenvalue weighted by Crippen LogP contribution is -2.39. The second-order valence-corrected chi connectivity index (χ2v) is 5.13. The molecular weight excluding hydrogens is 253 g/mol. The van der Waals surface area contributed by atoms with Crippen LogP contribution in [0.15, 0.2) is 24.3 Å². The highest BCUT2D eigenvalue weighted by molar-refractivity contribution is 5.46. The minimum atomic E-state index is -4.28. The predicted octanol–water partition coefficient (Wildman–Crippen LogP) is 3.78. The standard InChI is InChI=1S/C14H19F3N2/c15-14(16,17)10-6-8-11(9-7-10)19-13-5-3-1-2-4-12(13)18/h6-9,12-13,19H,1-5,18H2. The van der Waals surface area contributed by atoms with E-state index in [1.54, 1.807) is 0 Å². The Morgan fingerprint density at radius 2 is 1.63 bits per heavy atom. The predicted molar refractivity (Wildman–Crippen MR) is 69.9 cm³/mol. The number of alkyl halides is 3. The Morgan fingerprint density at radius 1 is 1.00 bits per heavy atom. The van der Waals surface area contributed by atoms with Crippen molar-refractivity contribution in [2.24, 2.45) is 5.73 Å². The van der Waals surface area contributed by atoms with Crippen LogP contribution in [-0.2, 0) is 6.18 Å². The van der Waals surface area contributed by atoms with Gasteiger partial charge in [-0.25, -0.2) is 0 Å². The maximum Gasteiger partial charge on any atom is 0.416 e. The Labute approximate surface area is 111 Å². The largest absolute Gasteiger partial charge is 0.416 e. The molecule has 2 atom stereocenters. The van der Waals surface area contributed by atoms with Crippen LogP contribution in [0.1, 0.15) is 37.7 Å². The third-order valence-corrected chi connectivity index (χ3v) is 3.63. The lowest BCUT2D eigenvalue weighted by atomic mass is 10.0. The van der Waals surface area contributed by atoms with Crippen LogP contribution in [0.3, 0.4) is 0 Å². The van der Waals surface area contributed by atoms with Crippen molar-refractivity contribution >= 4 is 5.69 Å². The molecule has 2 nitrogen and oxygen atoms in total. The van der Waals surface area contributed by atoms with Gasteiger partial charge in [-0.1, -0.05) is 19.3 Å². The fraction of sp³-hybridized carbons (Fsp3) is 0.571. The minimum Gasteiger partial charge on any atom is -0.381 e. The number of rotatable bonds is 2. The quantitative estimate of drug-likeness (QED) is 0.804. The van der Waals surface area contributed by atoms with Crippen molar-refractivity contribution in [2.45, 2.75) is 50.4 Å². The molecule has 1 fully saturated rings. The molecule has 0 amide bonds. The third-order valence-electron chi connectivity index (χ3n) is 3.63. The van der Waals surface area contributed by atoms with E-state index in [1.165, 1.54) is 18.6 Å². The van der Waals surface area contributed by atoms with Gasteiger partial charge in [0.05, 0.1) is 5.56 Å². The molecule has 1 aliphatic rings. The Balaban J connectivity index is 2.02. The molecule has 5 heteroatoms. The summed E-state index contributed by atoms with van der Waals surface area (Å²) in [6.07, 6.45) is 1.09. The van der Waals surface area contributed by atoms with Gasteiger partial charge in [0, 0.05) is 17.8 Å². The van der Waals surface area contributed by atoms with Gasteiger partial charge in [0.2, 0.25) is 0 Å². The molecule has 0 heterocycles. The van der Waals surface area contributed by atoms with Crippen molar-refractivity contribution in [3.05, 3.63) is 29.8 Å². The number of benzene rings is 1. The van der Waals surface area contributed by atoms with E-state index in [0.717, 1.165) is 37.8 Å². The van der Waals surface area contributed by atoms with Gasteiger partial charge in [0.15, 0.2) is 0 Å². The van der Waals surface area contributed by atoms with E-state index in [-0.39, 0.29) is 12.1 Å². The monoisotopic (exact) mass is 272 g/mol. The molecule has 19 heavy (non-hydrogen) atoms. The first-order valence-corrected chi connectivity index (χ1v) is 6.66. The highest BCUT2D eigenvalue weighted by Gasteiger charge is 2.30. The Hall–Kier alpha value is -1.23. The van der Waals surface area contributed by atoms with Crippen LogP contribution in [0.5, 0.6) is 0 Å². The fourth-order valence-electron chi connectivity index (χ4n) is 2.49. The van der Waals surface area contributed by atoms with E-state index in [1.807, 2.05) is 0 Å². The van der Waals surface area contributed by atoms with E-state index in [2.05, 4.69) is 5.32 Å². The van der Waals surface area contributed by atoms with Gasteiger partial charge in [-0.05, 0) is 37.1 Å². The molecule has 1 aromatic carbocycles. The summed E-state index contributed by atoms with van der Waals surface area (Å²) in [6, 6.07) is 5.37. The third kappa shape index (κ3) is 3.86. The number of nitrogens with one attached hydrogen (secondary N) is 1.